The van der Waals surface area contributed by atoms with Crippen molar-refractivity contribution in [2.75, 3.05) is 11.9 Å². The number of nitrogens with zero attached hydrogens (tertiary/aromatic N) is 1. The number of nitrogens with one attached hydrogen (secondary N) is 2. The van der Waals surface area contributed by atoms with Crippen molar-refractivity contribution in [2.45, 2.75) is 13.1 Å². The number of hydrogen-bond acceptors (Lipinski definition) is 4. The normalized spacial score (nSPS) is 12.4. The van der Waals surface area contributed by atoms with E-state index in [1.54, 1.807) is 12.2 Å². The Hall–Kier alpha value is -3.31. The van der Waals surface area contributed by atoms with Gasteiger partial charge in [0.25, 0.3) is 0 Å². The molecule has 5 nitrogen and oxygen atoms in total. The van der Waals surface area contributed by atoms with E-state index in [4.69, 9.17) is 10.5 Å². The summed E-state index contributed by atoms with van der Waals surface area (Å²) in [5, 5.41) is 7.69. The SMILES string of the molecule is C=CCOc1ccc2[nH]c3c(C)c4ccncc4c(NC(N)C=C)c3c2c1. The Morgan fingerprint density at radius 2 is 2.11 bits per heavy atom. The van der Waals surface area contributed by atoms with Crippen molar-refractivity contribution in [1.29, 1.82) is 0 Å². The van der Waals surface area contributed by atoms with E-state index in [2.05, 4.69) is 35.4 Å². The quantitative estimate of drug-likeness (QED) is 0.347. The van der Waals surface area contributed by atoms with E-state index in [0.29, 0.717) is 6.61 Å². The predicted octanol–water partition coefficient (Wildman–Crippen LogP) is 4.63. The van der Waals surface area contributed by atoms with Crippen molar-refractivity contribution in [2.24, 2.45) is 5.73 Å². The molecule has 136 valence electrons. The van der Waals surface area contributed by atoms with Gasteiger partial charge in [0.15, 0.2) is 0 Å². The van der Waals surface area contributed by atoms with Crippen molar-refractivity contribution in [3.05, 3.63) is 67.5 Å². The van der Waals surface area contributed by atoms with Crippen LogP contribution in [0.2, 0.25) is 0 Å². The molecule has 0 aliphatic heterocycles. The number of benzene rings is 2. The van der Waals surface area contributed by atoms with Crippen molar-refractivity contribution >= 4 is 38.3 Å². The van der Waals surface area contributed by atoms with E-state index in [1.807, 2.05) is 36.7 Å². The summed E-state index contributed by atoms with van der Waals surface area (Å²) in [5.74, 6) is 0.797. The van der Waals surface area contributed by atoms with Crippen LogP contribution in [0, 0.1) is 6.92 Å². The number of nitrogens with two attached hydrogens (primary N) is 1. The maximum Gasteiger partial charge on any atom is 0.120 e. The van der Waals surface area contributed by atoms with E-state index in [-0.39, 0.29) is 6.17 Å². The van der Waals surface area contributed by atoms with Crippen LogP contribution in [0.5, 0.6) is 5.75 Å². The number of pyridine rings is 1. The van der Waals surface area contributed by atoms with Gasteiger partial charge in [-0.2, -0.15) is 0 Å². The Kier molecular flexibility index (Phi) is 4.30. The third kappa shape index (κ3) is 2.82. The van der Waals surface area contributed by atoms with Gasteiger partial charge in [-0.1, -0.05) is 25.3 Å². The Morgan fingerprint density at radius 3 is 2.89 bits per heavy atom. The van der Waals surface area contributed by atoms with Crippen LogP contribution in [0.4, 0.5) is 5.69 Å². The number of anilines is 1. The van der Waals surface area contributed by atoms with E-state index >= 15 is 0 Å². The maximum absolute atomic E-state index is 6.14. The van der Waals surface area contributed by atoms with Crippen LogP contribution < -0.4 is 15.8 Å². The van der Waals surface area contributed by atoms with Crippen LogP contribution in [0.15, 0.2) is 62.0 Å². The molecule has 0 aliphatic rings. The van der Waals surface area contributed by atoms with Gasteiger partial charge in [0, 0.05) is 34.1 Å². The summed E-state index contributed by atoms with van der Waals surface area (Å²) in [5.41, 5.74) is 10.4. The third-order valence-electron chi connectivity index (χ3n) is 4.82. The van der Waals surface area contributed by atoms with Gasteiger partial charge in [0.05, 0.1) is 17.4 Å². The molecule has 2 aromatic carbocycles. The molecule has 1 unspecified atom stereocenters. The Balaban J connectivity index is 2.10. The van der Waals surface area contributed by atoms with Gasteiger partial charge in [-0.05, 0) is 42.1 Å². The van der Waals surface area contributed by atoms with Gasteiger partial charge in [-0.15, -0.1) is 0 Å². The molecule has 0 bridgehead atoms. The lowest BCUT2D eigenvalue weighted by Gasteiger charge is -2.17. The van der Waals surface area contributed by atoms with Crippen molar-refractivity contribution in [1.82, 2.24) is 9.97 Å². The molecule has 1 atom stereocenters. The Labute approximate surface area is 157 Å². The number of ether oxygens (including phenoxy) is 1. The van der Waals surface area contributed by atoms with Gasteiger partial charge in [-0.25, -0.2) is 0 Å². The number of H-pyrrole nitrogens is 1. The highest BCUT2D eigenvalue weighted by Gasteiger charge is 2.17. The number of hydrogen-bond donors (Lipinski definition) is 3. The minimum Gasteiger partial charge on any atom is -0.490 e. The second-order valence-electron chi connectivity index (χ2n) is 6.51. The van der Waals surface area contributed by atoms with Crippen LogP contribution in [0.25, 0.3) is 32.6 Å². The molecular weight excluding hydrogens is 336 g/mol. The van der Waals surface area contributed by atoms with Crippen molar-refractivity contribution in [3.63, 3.8) is 0 Å². The second kappa shape index (κ2) is 6.78. The summed E-state index contributed by atoms with van der Waals surface area (Å²) in [6.45, 7) is 10.1. The summed E-state index contributed by atoms with van der Waals surface area (Å²) in [6, 6.07) is 8.07. The summed E-state index contributed by atoms with van der Waals surface area (Å²) < 4.78 is 5.74. The van der Waals surface area contributed by atoms with E-state index < -0.39 is 0 Å². The van der Waals surface area contributed by atoms with E-state index in [1.165, 1.54) is 5.56 Å². The van der Waals surface area contributed by atoms with Crippen molar-refractivity contribution < 1.29 is 4.74 Å². The molecule has 0 spiro atoms. The highest BCUT2D eigenvalue weighted by atomic mass is 16.5. The Bertz CT molecular complexity index is 1180. The van der Waals surface area contributed by atoms with Crippen LogP contribution in [-0.4, -0.2) is 22.7 Å². The highest BCUT2D eigenvalue weighted by molar-refractivity contribution is 6.22. The molecule has 0 saturated heterocycles. The largest absolute Gasteiger partial charge is 0.490 e. The van der Waals surface area contributed by atoms with Gasteiger partial charge in [0.2, 0.25) is 0 Å². The highest BCUT2D eigenvalue weighted by Crippen LogP contribution is 2.41. The molecular formula is C22H22N4O. The fourth-order valence-electron chi connectivity index (χ4n) is 3.52. The molecule has 0 saturated carbocycles. The first-order valence-electron chi connectivity index (χ1n) is 8.84. The number of aromatic amines is 1. The average molecular weight is 358 g/mol. The number of aryl methyl sites for hydroxylation is 1. The first-order chi connectivity index (χ1) is 13.1. The molecule has 27 heavy (non-hydrogen) atoms. The van der Waals surface area contributed by atoms with Gasteiger partial charge in [-0.3, -0.25) is 4.98 Å². The molecule has 0 fully saturated rings. The van der Waals surface area contributed by atoms with Crippen LogP contribution in [0.3, 0.4) is 0 Å². The minimum atomic E-state index is -0.371. The molecule has 0 amide bonds. The first-order valence-corrected chi connectivity index (χ1v) is 8.84. The molecule has 0 radical (unpaired) electrons. The van der Waals surface area contributed by atoms with Gasteiger partial charge >= 0.3 is 0 Å². The number of aromatic nitrogens is 2. The average Bonchev–Trinajstić information content (AvgIpc) is 3.08. The zero-order valence-corrected chi connectivity index (χ0v) is 15.3. The molecule has 2 heterocycles. The second-order valence-corrected chi connectivity index (χ2v) is 6.51. The molecule has 4 rings (SSSR count). The molecule has 0 aliphatic carbocycles. The van der Waals surface area contributed by atoms with E-state index in [9.17, 15) is 0 Å². The van der Waals surface area contributed by atoms with Crippen LogP contribution >= 0.6 is 0 Å². The van der Waals surface area contributed by atoms with Gasteiger partial charge in [0.1, 0.15) is 12.4 Å². The summed E-state index contributed by atoms with van der Waals surface area (Å²) >= 11 is 0. The molecule has 4 aromatic rings. The number of fused-ring (bicyclic) bond motifs is 4. The lowest BCUT2D eigenvalue weighted by molar-refractivity contribution is 0.364. The Morgan fingerprint density at radius 1 is 1.26 bits per heavy atom. The maximum atomic E-state index is 6.14. The fourth-order valence-corrected chi connectivity index (χ4v) is 3.52. The third-order valence-corrected chi connectivity index (χ3v) is 4.82. The minimum absolute atomic E-state index is 0.371. The zero-order chi connectivity index (χ0) is 19.0. The fraction of sp³-hybridized carbons (Fsp3) is 0.136. The number of rotatable bonds is 6. The van der Waals surface area contributed by atoms with Gasteiger partial charge < -0.3 is 20.8 Å². The van der Waals surface area contributed by atoms with Crippen molar-refractivity contribution in [3.8, 4) is 5.75 Å². The predicted molar refractivity (Wildman–Crippen MR) is 113 cm³/mol. The lowest BCUT2D eigenvalue weighted by atomic mass is 9.99. The molecule has 5 heteroatoms. The topological polar surface area (TPSA) is 76.0 Å². The summed E-state index contributed by atoms with van der Waals surface area (Å²) in [4.78, 5) is 7.88. The van der Waals surface area contributed by atoms with Crippen LogP contribution in [-0.2, 0) is 0 Å². The summed E-state index contributed by atoms with van der Waals surface area (Å²) in [7, 11) is 0. The summed E-state index contributed by atoms with van der Waals surface area (Å²) in [6.07, 6.45) is 6.73. The van der Waals surface area contributed by atoms with E-state index in [0.717, 1.165) is 44.0 Å². The smallest absolute Gasteiger partial charge is 0.120 e. The van der Waals surface area contributed by atoms with Crippen LogP contribution in [0.1, 0.15) is 5.56 Å². The standard InChI is InChI=1S/C22H22N4O/c1-4-10-27-14-6-7-18-16(11-14)20-21(25-18)13(3)15-8-9-24-12-17(15)22(20)26-19(23)5-2/h4-9,11-12,19,25-26H,1-2,10,23H2,3H3. The molecule has 2 aromatic heterocycles. The lowest BCUT2D eigenvalue weighted by Crippen LogP contribution is -2.26. The molecule has 4 N–H and O–H groups in total. The monoisotopic (exact) mass is 358 g/mol. The first kappa shape index (κ1) is 17.1. The zero-order valence-electron chi connectivity index (χ0n) is 15.3.